The average Bonchev–Trinajstić information content (AvgIpc) is 3.89. The normalized spacial score (nSPS) is 11.7. The fourth-order valence-electron chi connectivity index (χ4n) is 7.48. The van der Waals surface area contributed by atoms with Gasteiger partial charge in [0.1, 0.15) is 11.2 Å². The Hall–Kier alpha value is -5.59. The van der Waals surface area contributed by atoms with Crippen molar-refractivity contribution in [3.05, 3.63) is 157 Å². The third-order valence-electron chi connectivity index (χ3n) is 10.1. The molecule has 0 unspecified atom stereocenters. The minimum absolute atomic E-state index is 0. The van der Waals surface area contributed by atoms with Crippen LogP contribution in [0.4, 0.5) is 0 Å². The summed E-state index contributed by atoms with van der Waals surface area (Å²) in [6, 6.07) is 51.7. The number of nitrogens with zero attached hydrogens (tertiary/aromatic N) is 3. The molecule has 4 heterocycles. The predicted octanol–water partition coefficient (Wildman–Crippen LogP) is 12.5. The molecule has 55 heavy (non-hydrogen) atoms. The Bertz CT molecular complexity index is 2970. The number of fused-ring (bicyclic) bond motifs is 7. The second-order valence-electron chi connectivity index (χ2n) is 15.0. The Morgan fingerprint density at radius 2 is 1.31 bits per heavy atom. The Morgan fingerprint density at radius 3 is 2.02 bits per heavy atom. The molecular formula is C48H39IrN3O2Si-2. The summed E-state index contributed by atoms with van der Waals surface area (Å²) in [6.45, 7) is 11.7. The summed E-state index contributed by atoms with van der Waals surface area (Å²) in [7, 11) is -1.34. The second-order valence-corrected chi connectivity index (χ2v) is 20.1. The third-order valence-corrected chi connectivity index (χ3v) is 12.1. The summed E-state index contributed by atoms with van der Waals surface area (Å²) >= 11 is 0. The van der Waals surface area contributed by atoms with Gasteiger partial charge in [-0.05, 0) is 47.1 Å². The molecule has 7 heteroatoms. The molecular weight excluding hydrogens is 871 g/mol. The van der Waals surface area contributed by atoms with Gasteiger partial charge in [-0.1, -0.05) is 117 Å². The molecule has 5 nitrogen and oxygen atoms in total. The molecule has 0 saturated carbocycles. The van der Waals surface area contributed by atoms with Crippen molar-refractivity contribution >= 4 is 68.2 Å². The van der Waals surface area contributed by atoms with Gasteiger partial charge in [-0.2, -0.15) is 0 Å². The summed E-state index contributed by atoms with van der Waals surface area (Å²) in [5, 5.41) is 5.78. The van der Waals surface area contributed by atoms with Gasteiger partial charge in [0.25, 0.3) is 0 Å². The number of rotatable bonds is 5. The van der Waals surface area contributed by atoms with Gasteiger partial charge in [-0.25, -0.2) is 0 Å². The molecule has 0 saturated heterocycles. The van der Waals surface area contributed by atoms with E-state index in [0.717, 1.165) is 83.2 Å². The third kappa shape index (κ3) is 6.52. The maximum Gasteiger partial charge on any atom is 0.158 e. The van der Waals surface area contributed by atoms with Crippen molar-refractivity contribution in [1.82, 2.24) is 14.5 Å². The zero-order valence-corrected chi connectivity index (χ0v) is 34.7. The Balaban J connectivity index is 0.000000183. The quantitative estimate of drug-likeness (QED) is 0.128. The predicted molar refractivity (Wildman–Crippen MR) is 225 cm³/mol. The molecule has 0 amide bonds. The Kier molecular flexibility index (Phi) is 9.64. The second kappa shape index (κ2) is 14.6. The standard InChI is InChI=1S/C31H17N2O2.C17H22NSi.Ir/c1-5-17-27-19(9-1)21-11-7-13-23(29(21)34-27)31-32-24-14-3-4-15-25(24)33(31)26-16-8-12-22-20-10-2-6-18-28(20)35-30(22)26;1-13(2)15-11-16(14-9-7-6-8-10-14)18-12-17(15)19(3,4)5;/h1-12,14-18H;6-9,11-13H,1-5H3;/q2*-1;. The van der Waals surface area contributed by atoms with Gasteiger partial charge in [0.15, 0.2) is 5.58 Å². The van der Waals surface area contributed by atoms with Gasteiger partial charge in [0.2, 0.25) is 0 Å². The molecule has 0 fully saturated rings. The van der Waals surface area contributed by atoms with Gasteiger partial charge >= 0.3 is 0 Å². The fraction of sp³-hybridized carbons (Fsp3) is 0.125. The van der Waals surface area contributed by atoms with Crippen LogP contribution >= 0.6 is 0 Å². The van der Waals surface area contributed by atoms with E-state index in [4.69, 9.17) is 13.8 Å². The van der Waals surface area contributed by atoms with E-state index in [1.165, 1.54) is 10.8 Å². The van der Waals surface area contributed by atoms with E-state index in [1.807, 2.05) is 78.9 Å². The molecule has 0 spiro atoms. The molecule has 6 aromatic carbocycles. The number of hydrogen-bond donors (Lipinski definition) is 0. The van der Waals surface area contributed by atoms with Crippen molar-refractivity contribution in [3.63, 3.8) is 0 Å². The summed E-state index contributed by atoms with van der Waals surface area (Å²) in [5.74, 6) is 1.30. The molecule has 273 valence electrons. The molecule has 1 radical (unpaired) electrons. The summed E-state index contributed by atoms with van der Waals surface area (Å²) in [6.07, 6.45) is 2.09. The fourth-order valence-corrected chi connectivity index (χ4v) is 9.16. The van der Waals surface area contributed by atoms with Crippen LogP contribution in [-0.2, 0) is 20.1 Å². The van der Waals surface area contributed by atoms with Gasteiger partial charge < -0.3 is 18.4 Å². The van der Waals surface area contributed by atoms with Gasteiger partial charge in [-0.3, -0.25) is 4.98 Å². The Morgan fingerprint density at radius 1 is 0.655 bits per heavy atom. The minimum atomic E-state index is -1.34. The topological polar surface area (TPSA) is 57.0 Å². The number of furan rings is 2. The van der Waals surface area contributed by atoms with Crippen LogP contribution in [0.5, 0.6) is 0 Å². The monoisotopic (exact) mass is 910 g/mol. The van der Waals surface area contributed by atoms with E-state index in [-0.39, 0.29) is 20.1 Å². The number of pyridine rings is 1. The van der Waals surface area contributed by atoms with E-state index in [9.17, 15) is 0 Å². The van der Waals surface area contributed by atoms with Gasteiger partial charge in [-0.15, -0.1) is 54.1 Å². The summed E-state index contributed by atoms with van der Waals surface area (Å²) in [4.78, 5) is 9.73. The zero-order chi connectivity index (χ0) is 37.0. The van der Waals surface area contributed by atoms with Crippen LogP contribution in [-0.4, -0.2) is 22.6 Å². The largest absolute Gasteiger partial charge is 0.501 e. The van der Waals surface area contributed by atoms with E-state index in [0.29, 0.717) is 5.92 Å². The number of benzene rings is 6. The van der Waals surface area contributed by atoms with Crippen LogP contribution in [0.3, 0.4) is 0 Å². The summed E-state index contributed by atoms with van der Waals surface area (Å²) < 4.78 is 14.9. The molecule has 10 aromatic rings. The van der Waals surface area contributed by atoms with Crippen LogP contribution in [0, 0.1) is 12.1 Å². The van der Waals surface area contributed by atoms with Crippen molar-refractivity contribution in [1.29, 1.82) is 0 Å². The number of imidazole rings is 1. The summed E-state index contributed by atoms with van der Waals surface area (Å²) in [5.41, 5.74) is 10.5. The molecule has 0 atom stereocenters. The smallest absolute Gasteiger partial charge is 0.158 e. The van der Waals surface area contributed by atoms with Crippen molar-refractivity contribution < 1.29 is 28.9 Å². The van der Waals surface area contributed by atoms with Crippen molar-refractivity contribution in [2.75, 3.05) is 0 Å². The first kappa shape index (κ1) is 36.4. The maximum absolute atomic E-state index is 6.40. The van der Waals surface area contributed by atoms with Gasteiger partial charge in [0.05, 0.1) is 36.2 Å². The molecule has 0 aliphatic heterocycles. The van der Waals surface area contributed by atoms with Crippen LogP contribution in [0.25, 0.3) is 83.2 Å². The van der Waals surface area contributed by atoms with Crippen LogP contribution in [0.15, 0.2) is 148 Å². The first-order valence-electron chi connectivity index (χ1n) is 18.4. The van der Waals surface area contributed by atoms with E-state index in [1.54, 1.807) is 0 Å². The van der Waals surface area contributed by atoms with E-state index in [2.05, 4.69) is 116 Å². The molecule has 0 N–H and O–H groups in total. The number of para-hydroxylation sites is 5. The molecule has 4 aromatic heterocycles. The van der Waals surface area contributed by atoms with Crippen molar-refractivity contribution in [2.45, 2.75) is 39.4 Å². The molecule has 0 aliphatic carbocycles. The molecule has 0 aliphatic rings. The average molecular weight is 910 g/mol. The SMILES string of the molecule is CC(C)c1cc(-c2[c-]cccc2)ncc1[Si](C)(C)C.[Ir].[c-]1ccc2c(oc3ccccc32)c1-c1nc2ccccc2n1-c1cccc2c1oc1ccccc12. The Labute approximate surface area is 335 Å². The molecule has 10 rings (SSSR count). The first-order chi connectivity index (χ1) is 26.3. The van der Waals surface area contributed by atoms with Crippen molar-refractivity contribution in [2.24, 2.45) is 0 Å². The van der Waals surface area contributed by atoms with Crippen LogP contribution < -0.4 is 5.19 Å². The van der Waals surface area contributed by atoms with Crippen LogP contribution in [0.1, 0.15) is 25.3 Å². The molecule has 0 bridgehead atoms. The van der Waals surface area contributed by atoms with Crippen molar-refractivity contribution in [3.8, 4) is 28.3 Å². The number of aromatic nitrogens is 3. The zero-order valence-electron chi connectivity index (χ0n) is 31.3. The van der Waals surface area contributed by atoms with E-state index >= 15 is 0 Å². The minimum Gasteiger partial charge on any atom is -0.501 e. The number of hydrogen-bond acceptors (Lipinski definition) is 4. The van der Waals surface area contributed by atoms with E-state index < -0.39 is 8.07 Å². The van der Waals surface area contributed by atoms with Crippen LogP contribution in [0.2, 0.25) is 19.6 Å². The van der Waals surface area contributed by atoms with Gasteiger partial charge in [0, 0.05) is 42.5 Å². The maximum atomic E-state index is 6.40. The first-order valence-corrected chi connectivity index (χ1v) is 21.9.